The van der Waals surface area contributed by atoms with Gasteiger partial charge in [0.2, 0.25) is 0 Å². The fourth-order valence-corrected chi connectivity index (χ4v) is 2.57. The molecule has 0 spiro atoms. The van der Waals surface area contributed by atoms with Crippen LogP contribution in [-0.2, 0) is 6.42 Å². The Bertz CT molecular complexity index is 726. The van der Waals surface area contributed by atoms with Crippen molar-refractivity contribution in [2.75, 3.05) is 0 Å². The Morgan fingerprint density at radius 3 is 2.33 bits per heavy atom. The van der Waals surface area contributed by atoms with E-state index in [2.05, 4.69) is 76.6 Å². The standard InChI is InChI=1S/C17H13Br/c18-10-4-9-13-7-3-8-16-11-14-5-1-2-6-15(14)12-17(13)16/h1-8,10-12H,9H2/b10-4+. The summed E-state index contributed by atoms with van der Waals surface area (Å²) in [4.78, 5) is 1.92. The minimum absolute atomic E-state index is 0.959. The van der Waals surface area contributed by atoms with Crippen molar-refractivity contribution in [1.29, 1.82) is 0 Å². The summed E-state index contributed by atoms with van der Waals surface area (Å²) >= 11 is 3.33. The highest BCUT2D eigenvalue weighted by Crippen LogP contribution is 2.25. The third-order valence-electron chi connectivity index (χ3n) is 3.26. The lowest BCUT2D eigenvalue weighted by Gasteiger charge is -2.06. The Morgan fingerprint density at radius 2 is 1.56 bits per heavy atom. The van der Waals surface area contributed by atoms with Crippen molar-refractivity contribution in [3.63, 3.8) is 0 Å². The zero-order chi connectivity index (χ0) is 12.4. The van der Waals surface area contributed by atoms with Crippen LogP contribution in [0, 0.1) is 0 Å². The summed E-state index contributed by atoms with van der Waals surface area (Å²) in [5.74, 6) is 0. The molecule has 88 valence electrons. The number of hydrogen-bond donors (Lipinski definition) is 0. The molecule has 0 saturated heterocycles. The van der Waals surface area contributed by atoms with Gasteiger partial charge in [0.25, 0.3) is 0 Å². The highest BCUT2D eigenvalue weighted by Gasteiger charge is 2.01. The lowest BCUT2D eigenvalue weighted by molar-refractivity contribution is 1.31. The molecule has 0 heterocycles. The quantitative estimate of drug-likeness (QED) is 0.552. The number of halogens is 1. The predicted molar refractivity (Wildman–Crippen MR) is 83.2 cm³/mol. The smallest absolute Gasteiger partial charge is 0.00830 e. The number of allylic oxidation sites excluding steroid dienone is 1. The topological polar surface area (TPSA) is 0 Å². The first-order valence-corrected chi connectivity index (χ1v) is 6.96. The van der Waals surface area contributed by atoms with Crippen LogP contribution in [0.15, 0.2) is 65.7 Å². The van der Waals surface area contributed by atoms with E-state index in [9.17, 15) is 0 Å². The zero-order valence-corrected chi connectivity index (χ0v) is 11.5. The van der Waals surface area contributed by atoms with Crippen LogP contribution in [0.4, 0.5) is 0 Å². The Hall–Kier alpha value is -1.60. The Kier molecular flexibility index (Phi) is 3.16. The molecule has 0 aliphatic rings. The number of rotatable bonds is 2. The van der Waals surface area contributed by atoms with Crippen molar-refractivity contribution in [3.05, 3.63) is 71.2 Å². The normalized spacial score (nSPS) is 11.6. The lowest BCUT2D eigenvalue weighted by Crippen LogP contribution is -1.85. The molecule has 0 amide bonds. The molecular formula is C17H13Br. The van der Waals surface area contributed by atoms with Gasteiger partial charge in [-0.15, -0.1) is 0 Å². The molecule has 0 radical (unpaired) electrons. The molecule has 0 atom stereocenters. The summed E-state index contributed by atoms with van der Waals surface area (Å²) in [6.07, 6.45) is 3.09. The summed E-state index contributed by atoms with van der Waals surface area (Å²) in [6, 6.07) is 19.6. The Labute approximate surface area is 115 Å². The van der Waals surface area contributed by atoms with E-state index >= 15 is 0 Å². The molecule has 18 heavy (non-hydrogen) atoms. The maximum Gasteiger partial charge on any atom is -0.00830 e. The third kappa shape index (κ3) is 2.06. The summed E-state index contributed by atoms with van der Waals surface area (Å²) in [7, 11) is 0. The molecule has 0 saturated carbocycles. The van der Waals surface area contributed by atoms with Gasteiger partial charge in [-0.3, -0.25) is 0 Å². The van der Waals surface area contributed by atoms with E-state index in [1.807, 2.05) is 4.99 Å². The molecular weight excluding hydrogens is 284 g/mol. The predicted octanol–water partition coefficient (Wildman–Crippen LogP) is 5.44. The first kappa shape index (κ1) is 11.5. The summed E-state index contributed by atoms with van der Waals surface area (Å²) in [6.45, 7) is 0. The fourth-order valence-electron chi connectivity index (χ4n) is 2.38. The van der Waals surface area contributed by atoms with E-state index in [4.69, 9.17) is 0 Å². The molecule has 0 N–H and O–H groups in total. The van der Waals surface area contributed by atoms with Gasteiger partial charge in [-0.25, -0.2) is 0 Å². The van der Waals surface area contributed by atoms with Crippen molar-refractivity contribution >= 4 is 37.5 Å². The molecule has 0 nitrogen and oxygen atoms in total. The molecule has 0 fully saturated rings. The summed E-state index contributed by atoms with van der Waals surface area (Å²) in [5, 5.41) is 5.27. The Morgan fingerprint density at radius 1 is 0.833 bits per heavy atom. The molecule has 3 aromatic rings. The van der Waals surface area contributed by atoms with Crippen molar-refractivity contribution in [1.82, 2.24) is 0 Å². The van der Waals surface area contributed by atoms with E-state index in [1.165, 1.54) is 27.1 Å². The minimum Gasteiger partial charge on any atom is -0.0732 e. The van der Waals surface area contributed by atoms with E-state index in [0.717, 1.165) is 6.42 Å². The van der Waals surface area contributed by atoms with E-state index in [1.54, 1.807) is 0 Å². The molecule has 0 aromatic heterocycles. The largest absolute Gasteiger partial charge is 0.0732 e. The van der Waals surface area contributed by atoms with E-state index < -0.39 is 0 Å². The van der Waals surface area contributed by atoms with E-state index in [0.29, 0.717) is 0 Å². The van der Waals surface area contributed by atoms with Crippen molar-refractivity contribution in [3.8, 4) is 0 Å². The van der Waals surface area contributed by atoms with Gasteiger partial charge in [0.05, 0.1) is 0 Å². The Balaban J connectivity index is 2.29. The number of hydrogen-bond acceptors (Lipinski definition) is 0. The second kappa shape index (κ2) is 4.95. The van der Waals surface area contributed by atoms with Crippen LogP contribution in [0.3, 0.4) is 0 Å². The molecule has 1 heteroatoms. The maximum atomic E-state index is 3.33. The van der Waals surface area contributed by atoms with Gasteiger partial charge in [-0.1, -0.05) is 64.5 Å². The highest BCUT2D eigenvalue weighted by atomic mass is 79.9. The monoisotopic (exact) mass is 296 g/mol. The molecule has 0 aliphatic carbocycles. The second-order valence-electron chi connectivity index (χ2n) is 4.40. The van der Waals surface area contributed by atoms with Gasteiger partial charge in [-0.05, 0) is 50.6 Å². The van der Waals surface area contributed by atoms with Crippen LogP contribution in [0.1, 0.15) is 5.56 Å². The molecule has 3 aromatic carbocycles. The van der Waals surface area contributed by atoms with Crippen LogP contribution in [0.25, 0.3) is 21.5 Å². The minimum atomic E-state index is 0.959. The first-order valence-electron chi connectivity index (χ1n) is 6.04. The SMILES string of the molecule is Br/C=C/Cc1cccc2cc3ccccc3cc12. The van der Waals surface area contributed by atoms with Crippen molar-refractivity contribution in [2.45, 2.75) is 6.42 Å². The van der Waals surface area contributed by atoms with Gasteiger partial charge >= 0.3 is 0 Å². The van der Waals surface area contributed by atoms with Crippen molar-refractivity contribution < 1.29 is 0 Å². The zero-order valence-electron chi connectivity index (χ0n) is 9.94. The average Bonchev–Trinajstić information content (AvgIpc) is 2.43. The van der Waals surface area contributed by atoms with Crippen LogP contribution < -0.4 is 0 Å². The van der Waals surface area contributed by atoms with Crippen LogP contribution in [0.5, 0.6) is 0 Å². The van der Waals surface area contributed by atoms with Crippen LogP contribution in [-0.4, -0.2) is 0 Å². The summed E-state index contributed by atoms with van der Waals surface area (Å²) < 4.78 is 0. The van der Waals surface area contributed by atoms with Gasteiger partial charge in [-0.2, -0.15) is 0 Å². The van der Waals surface area contributed by atoms with E-state index in [-0.39, 0.29) is 0 Å². The van der Waals surface area contributed by atoms with Crippen LogP contribution in [0.2, 0.25) is 0 Å². The maximum absolute atomic E-state index is 3.33. The molecule has 0 aliphatic heterocycles. The van der Waals surface area contributed by atoms with Gasteiger partial charge in [0.1, 0.15) is 0 Å². The van der Waals surface area contributed by atoms with Gasteiger partial charge < -0.3 is 0 Å². The fraction of sp³-hybridized carbons (Fsp3) is 0.0588. The average molecular weight is 297 g/mol. The molecule has 3 rings (SSSR count). The van der Waals surface area contributed by atoms with Gasteiger partial charge in [0.15, 0.2) is 0 Å². The highest BCUT2D eigenvalue weighted by molar-refractivity contribution is 9.11. The molecule has 0 unspecified atom stereocenters. The van der Waals surface area contributed by atoms with Crippen molar-refractivity contribution in [2.24, 2.45) is 0 Å². The third-order valence-corrected chi connectivity index (χ3v) is 3.64. The molecule has 0 bridgehead atoms. The number of fused-ring (bicyclic) bond motifs is 2. The van der Waals surface area contributed by atoms with Crippen LogP contribution >= 0.6 is 15.9 Å². The number of benzene rings is 3. The second-order valence-corrected chi connectivity index (χ2v) is 4.93. The lowest BCUT2D eigenvalue weighted by atomic mass is 9.98. The summed E-state index contributed by atoms with van der Waals surface area (Å²) in [5.41, 5.74) is 1.37. The first-order chi connectivity index (χ1) is 8.88. The van der Waals surface area contributed by atoms with Gasteiger partial charge in [0, 0.05) is 0 Å².